The van der Waals surface area contributed by atoms with E-state index in [1.165, 1.54) is 0 Å². The zero-order chi connectivity index (χ0) is 13.6. The molecule has 2 saturated heterocycles. The fraction of sp³-hybridized carbons (Fsp3) is 1.00. The van der Waals surface area contributed by atoms with Crippen molar-refractivity contribution in [3.8, 4) is 0 Å². The van der Waals surface area contributed by atoms with Gasteiger partial charge in [0.25, 0.3) is 0 Å². The van der Waals surface area contributed by atoms with Gasteiger partial charge in [-0.15, -0.1) is 0 Å². The number of hydrogen-bond acceptors (Lipinski definition) is 4. The molecule has 0 saturated carbocycles. The molecule has 1 N–H and O–H groups in total. The van der Waals surface area contributed by atoms with Crippen LogP contribution in [-0.2, 0) is 14.2 Å². The predicted molar refractivity (Wildman–Crippen MR) is 73.2 cm³/mol. The first-order valence-electron chi connectivity index (χ1n) is 7.73. The molecule has 112 valence electrons. The van der Waals surface area contributed by atoms with Crippen molar-refractivity contribution in [1.29, 1.82) is 0 Å². The summed E-state index contributed by atoms with van der Waals surface area (Å²) < 4.78 is 16.9. The highest BCUT2D eigenvalue weighted by Crippen LogP contribution is 2.38. The van der Waals surface area contributed by atoms with Crippen LogP contribution in [0.15, 0.2) is 0 Å². The van der Waals surface area contributed by atoms with Crippen LogP contribution in [0, 0.1) is 5.92 Å². The molecule has 0 aliphatic carbocycles. The minimum Gasteiger partial charge on any atom is -0.393 e. The minimum atomic E-state index is -0.250. The standard InChI is InChI=1S/C15H28O4/c1-2-7-17-8-4-14(16)13-3-9-19-15(12-13)5-10-18-11-6-15/h13-14,16H,2-12H2,1H3. The molecule has 2 fully saturated rings. The summed E-state index contributed by atoms with van der Waals surface area (Å²) in [5, 5.41) is 10.3. The van der Waals surface area contributed by atoms with Gasteiger partial charge in [-0.2, -0.15) is 0 Å². The second-order valence-electron chi connectivity index (χ2n) is 5.87. The van der Waals surface area contributed by atoms with E-state index in [-0.39, 0.29) is 11.7 Å². The molecule has 2 rings (SSSR count). The Bertz CT molecular complexity index is 245. The molecule has 2 atom stereocenters. The van der Waals surface area contributed by atoms with Gasteiger partial charge >= 0.3 is 0 Å². The van der Waals surface area contributed by atoms with Crippen molar-refractivity contribution in [3.63, 3.8) is 0 Å². The number of hydrogen-bond donors (Lipinski definition) is 1. The average Bonchev–Trinajstić information content (AvgIpc) is 2.44. The maximum Gasteiger partial charge on any atom is 0.0730 e. The van der Waals surface area contributed by atoms with Crippen molar-refractivity contribution in [3.05, 3.63) is 0 Å². The summed E-state index contributed by atoms with van der Waals surface area (Å²) in [5.41, 5.74) is -0.0214. The lowest BCUT2D eigenvalue weighted by atomic mass is 9.78. The lowest BCUT2D eigenvalue weighted by Crippen LogP contribution is -2.46. The zero-order valence-electron chi connectivity index (χ0n) is 12.1. The first-order chi connectivity index (χ1) is 9.26. The average molecular weight is 272 g/mol. The van der Waals surface area contributed by atoms with E-state index in [1.807, 2.05) is 0 Å². The molecule has 1 spiro atoms. The lowest BCUT2D eigenvalue weighted by molar-refractivity contribution is -0.159. The van der Waals surface area contributed by atoms with E-state index in [4.69, 9.17) is 14.2 Å². The Labute approximate surface area is 116 Å². The number of aliphatic hydroxyl groups excluding tert-OH is 1. The molecule has 0 radical (unpaired) electrons. The van der Waals surface area contributed by atoms with E-state index in [0.29, 0.717) is 12.5 Å². The molecule has 2 heterocycles. The normalized spacial score (nSPS) is 28.4. The second kappa shape index (κ2) is 7.58. The van der Waals surface area contributed by atoms with Gasteiger partial charge in [0.1, 0.15) is 0 Å². The van der Waals surface area contributed by atoms with Crippen molar-refractivity contribution in [1.82, 2.24) is 0 Å². The molecule has 0 aromatic rings. The van der Waals surface area contributed by atoms with Gasteiger partial charge in [-0.25, -0.2) is 0 Å². The Morgan fingerprint density at radius 2 is 2.05 bits per heavy atom. The van der Waals surface area contributed by atoms with Crippen molar-refractivity contribution >= 4 is 0 Å². The summed E-state index contributed by atoms with van der Waals surface area (Å²) in [6.45, 7) is 5.93. The third kappa shape index (κ3) is 4.42. The summed E-state index contributed by atoms with van der Waals surface area (Å²) >= 11 is 0. The highest BCUT2D eigenvalue weighted by Gasteiger charge is 2.40. The molecule has 2 aliphatic heterocycles. The van der Waals surface area contributed by atoms with Crippen LogP contribution in [0.3, 0.4) is 0 Å². The van der Waals surface area contributed by atoms with Crippen molar-refractivity contribution < 1.29 is 19.3 Å². The monoisotopic (exact) mass is 272 g/mol. The summed E-state index contributed by atoms with van der Waals surface area (Å²) in [4.78, 5) is 0. The highest BCUT2D eigenvalue weighted by molar-refractivity contribution is 4.90. The molecule has 2 unspecified atom stereocenters. The fourth-order valence-electron chi connectivity index (χ4n) is 3.17. The second-order valence-corrected chi connectivity index (χ2v) is 5.87. The third-order valence-corrected chi connectivity index (χ3v) is 4.39. The maximum atomic E-state index is 10.3. The van der Waals surface area contributed by atoms with Crippen LogP contribution in [-0.4, -0.2) is 49.8 Å². The largest absolute Gasteiger partial charge is 0.393 e. The molecule has 19 heavy (non-hydrogen) atoms. The number of rotatable bonds is 6. The van der Waals surface area contributed by atoms with Crippen LogP contribution in [0.25, 0.3) is 0 Å². The minimum absolute atomic E-state index is 0.0214. The molecule has 4 nitrogen and oxygen atoms in total. The van der Waals surface area contributed by atoms with E-state index in [2.05, 4.69) is 6.92 Å². The zero-order valence-corrected chi connectivity index (χ0v) is 12.1. The van der Waals surface area contributed by atoms with E-state index in [9.17, 15) is 5.11 Å². The molecule has 0 amide bonds. The van der Waals surface area contributed by atoms with Gasteiger partial charge in [0.2, 0.25) is 0 Å². The van der Waals surface area contributed by atoms with E-state index in [1.54, 1.807) is 0 Å². The topological polar surface area (TPSA) is 47.9 Å². The Morgan fingerprint density at radius 1 is 1.26 bits per heavy atom. The quantitative estimate of drug-likeness (QED) is 0.753. The smallest absolute Gasteiger partial charge is 0.0730 e. The van der Waals surface area contributed by atoms with Gasteiger partial charge in [0, 0.05) is 33.0 Å². The molecule has 0 bridgehead atoms. The van der Waals surface area contributed by atoms with Crippen molar-refractivity contribution in [2.75, 3.05) is 33.0 Å². The van der Waals surface area contributed by atoms with Gasteiger partial charge in [0.05, 0.1) is 11.7 Å². The number of aliphatic hydroxyl groups is 1. The van der Waals surface area contributed by atoms with E-state index >= 15 is 0 Å². The van der Waals surface area contributed by atoms with Gasteiger partial charge in [-0.05, 0) is 44.4 Å². The Hall–Kier alpha value is -0.160. The van der Waals surface area contributed by atoms with Crippen molar-refractivity contribution in [2.24, 2.45) is 5.92 Å². The Morgan fingerprint density at radius 3 is 2.79 bits per heavy atom. The molecular formula is C15H28O4. The van der Waals surface area contributed by atoms with Crippen LogP contribution in [0.1, 0.15) is 45.4 Å². The summed E-state index contributed by atoms with van der Waals surface area (Å²) in [6.07, 6.45) is 5.43. The Balaban J connectivity index is 1.76. The van der Waals surface area contributed by atoms with Gasteiger partial charge in [-0.3, -0.25) is 0 Å². The van der Waals surface area contributed by atoms with Crippen LogP contribution in [0.4, 0.5) is 0 Å². The summed E-state index contributed by atoms with van der Waals surface area (Å²) in [5.74, 6) is 0.358. The third-order valence-electron chi connectivity index (χ3n) is 4.39. The highest BCUT2D eigenvalue weighted by atomic mass is 16.5. The van der Waals surface area contributed by atoms with Gasteiger partial charge in [-0.1, -0.05) is 6.92 Å². The molecule has 4 heteroatoms. The summed E-state index contributed by atoms with van der Waals surface area (Å²) in [7, 11) is 0. The molecular weight excluding hydrogens is 244 g/mol. The first kappa shape index (κ1) is 15.2. The van der Waals surface area contributed by atoms with Gasteiger partial charge in [0.15, 0.2) is 0 Å². The Kier molecular flexibility index (Phi) is 6.07. The van der Waals surface area contributed by atoms with Crippen LogP contribution < -0.4 is 0 Å². The first-order valence-corrected chi connectivity index (χ1v) is 7.73. The van der Waals surface area contributed by atoms with E-state index < -0.39 is 0 Å². The molecule has 2 aliphatic rings. The SMILES string of the molecule is CCCOCCC(O)C1CCOC2(CCOCC2)C1. The van der Waals surface area contributed by atoms with Gasteiger partial charge < -0.3 is 19.3 Å². The molecule has 0 aromatic carbocycles. The predicted octanol–water partition coefficient (Wildman–Crippen LogP) is 2.14. The number of ether oxygens (including phenoxy) is 3. The fourth-order valence-corrected chi connectivity index (χ4v) is 3.17. The maximum absolute atomic E-state index is 10.3. The van der Waals surface area contributed by atoms with Crippen LogP contribution in [0.5, 0.6) is 0 Å². The lowest BCUT2D eigenvalue weighted by Gasteiger charge is -2.44. The van der Waals surface area contributed by atoms with Crippen LogP contribution >= 0.6 is 0 Å². The molecule has 0 aromatic heterocycles. The summed E-state index contributed by atoms with van der Waals surface area (Å²) in [6, 6.07) is 0. The van der Waals surface area contributed by atoms with Crippen LogP contribution in [0.2, 0.25) is 0 Å². The van der Waals surface area contributed by atoms with Crippen molar-refractivity contribution in [2.45, 2.75) is 57.2 Å². The van der Waals surface area contributed by atoms with E-state index in [0.717, 1.165) is 65.0 Å².